The van der Waals surface area contributed by atoms with Crippen LogP contribution < -0.4 is 0 Å². The van der Waals surface area contributed by atoms with Gasteiger partial charge in [0.15, 0.2) is 0 Å². The maximum Gasteiger partial charge on any atom is 0.0894 e. The van der Waals surface area contributed by atoms with Gasteiger partial charge >= 0.3 is 0 Å². The van der Waals surface area contributed by atoms with E-state index in [2.05, 4.69) is 6.58 Å². The fourth-order valence-electron chi connectivity index (χ4n) is 2.66. The molecule has 2 rings (SSSR count). The molecule has 0 aromatic carbocycles. The molecule has 0 atom stereocenters. The van der Waals surface area contributed by atoms with Gasteiger partial charge in [0.1, 0.15) is 0 Å². The molecule has 0 saturated heterocycles. The van der Waals surface area contributed by atoms with Crippen molar-refractivity contribution in [3.63, 3.8) is 0 Å². The molecular weight excluding hydrogens is 172 g/mol. The van der Waals surface area contributed by atoms with Crippen molar-refractivity contribution in [3.8, 4) is 0 Å². The first-order chi connectivity index (χ1) is 6.61. The van der Waals surface area contributed by atoms with Gasteiger partial charge in [0.25, 0.3) is 0 Å². The van der Waals surface area contributed by atoms with Crippen molar-refractivity contribution in [2.24, 2.45) is 11.3 Å². The van der Waals surface area contributed by atoms with Crippen LogP contribution >= 0.6 is 0 Å². The van der Waals surface area contributed by atoms with Gasteiger partial charge in [0.05, 0.1) is 5.76 Å². The van der Waals surface area contributed by atoms with Gasteiger partial charge in [-0.2, -0.15) is 0 Å². The van der Waals surface area contributed by atoms with Gasteiger partial charge in [-0.1, -0.05) is 6.58 Å². The van der Waals surface area contributed by atoms with E-state index in [4.69, 9.17) is 5.11 Å². The van der Waals surface area contributed by atoms with Crippen molar-refractivity contribution in [2.75, 3.05) is 0 Å². The van der Waals surface area contributed by atoms with Crippen LogP contribution in [-0.2, 0) is 0 Å². The summed E-state index contributed by atoms with van der Waals surface area (Å²) in [4.78, 5) is 0. The highest BCUT2D eigenvalue weighted by Crippen LogP contribution is 2.57. The predicted molar refractivity (Wildman–Crippen MR) is 59.2 cm³/mol. The molecule has 2 aliphatic carbocycles. The molecule has 1 heteroatoms. The van der Waals surface area contributed by atoms with Crippen molar-refractivity contribution in [2.45, 2.75) is 45.4 Å². The second-order valence-electron chi connectivity index (χ2n) is 5.13. The van der Waals surface area contributed by atoms with Crippen LogP contribution in [0.5, 0.6) is 0 Å². The smallest absolute Gasteiger partial charge is 0.0894 e. The summed E-state index contributed by atoms with van der Waals surface area (Å²) >= 11 is 0. The predicted octanol–water partition coefficient (Wildman–Crippen LogP) is 3.97. The molecule has 0 amide bonds. The Bertz CT molecular complexity index is 257. The minimum absolute atomic E-state index is 0.390. The van der Waals surface area contributed by atoms with E-state index in [0.717, 1.165) is 11.0 Å². The number of hydrogen-bond donors (Lipinski definition) is 1. The minimum Gasteiger partial charge on any atom is -0.513 e. The highest BCUT2D eigenvalue weighted by molar-refractivity contribution is 5.20. The lowest BCUT2D eigenvalue weighted by Gasteiger charge is -2.28. The van der Waals surface area contributed by atoms with Gasteiger partial charge in [-0.25, -0.2) is 0 Å². The SMILES string of the molecule is C=C(/C=C(\C)O)C1CCC2(CC1)CC2. The maximum atomic E-state index is 9.17. The molecule has 0 radical (unpaired) electrons. The summed E-state index contributed by atoms with van der Waals surface area (Å²) in [5, 5.41) is 9.17. The first kappa shape index (κ1) is 9.82. The third-order valence-corrected chi connectivity index (χ3v) is 3.92. The van der Waals surface area contributed by atoms with E-state index >= 15 is 0 Å². The number of rotatable bonds is 2. The summed E-state index contributed by atoms with van der Waals surface area (Å²) in [6.45, 7) is 5.77. The Labute approximate surface area is 86.5 Å². The molecule has 2 aliphatic rings. The van der Waals surface area contributed by atoms with Crippen molar-refractivity contribution in [3.05, 3.63) is 24.0 Å². The number of allylic oxidation sites excluding steroid dienone is 3. The molecule has 0 bridgehead atoms. The van der Waals surface area contributed by atoms with Crippen molar-refractivity contribution >= 4 is 0 Å². The normalized spacial score (nSPS) is 26.5. The zero-order chi connectivity index (χ0) is 10.2. The highest BCUT2D eigenvalue weighted by atomic mass is 16.3. The topological polar surface area (TPSA) is 20.2 Å². The summed E-state index contributed by atoms with van der Waals surface area (Å²) in [6.07, 6.45) is 10.1. The van der Waals surface area contributed by atoms with Crippen LogP contribution in [0.3, 0.4) is 0 Å². The monoisotopic (exact) mass is 192 g/mol. The van der Waals surface area contributed by atoms with E-state index in [9.17, 15) is 0 Å². The van der Waals surface area contributed by atoms with E-state index in [-0.39, 0.29) is 0 Å². The highest BCUT2D eigenvalue weighted by Gasteiger charge is 2.44. The Morgan fingerprint density at radius 2 is 1.86 bits per heavy atom. The molecule has 78 valence electrons. The zero-order valence-corrected chi connectivity index (χ0v) is 9.05. The quantitative estimate of drug-likeness (QED) is 0.518. The fraction of sp³-hybridized carbons (Fsp3) is 0.692. The summed E-state index contributed by atoms with van der Waals surface area (Å²) in [7, 11) is 0. The molecule has 1 spiro atoms. The second-order valence-corrected chi connectivity index (χ2v) is 5.13. The molecule has 14 heavy (non-hydrogen) atoms. The van der Waals surface area contributed by atoms with Crippen molar-refractivity contribution in [1.82, 2.24) is 0 Å². The lowest BCUT2D eigenvalue weighted by Crippen LogP contribution is -2.16. The molecule has 0 heterocycles. The summed E-state index contributed by atoms with van der Waals surface area (Å²) in [5.41, 5.74) is 1.88. The molecule has 0 aromatic rings. The van der Waals surface area contributed by atoms with Crippen LogP contribution in [0.15, 0.2) is 24.0 Å². The minimum atomic E-state index is 0.390. The Morgan fingerprint density at radius 1 is 1.29 bits per heavy atom. The Balaban J connectivity index is 1.88. The van der Waals surface area contributed by atoms with Gasteiger partial charge in [-0.05, 0) is 68.4 Å². The standard InChI is InChI=1S/C13H20O/c1-10(9-11(2)14)12-3-5-13(6-4-12)7-8-13/h9,12,14H,1,3-8H2,2H3/b11-9+. The Kier molecular flexibility index (Phi) is 2.42. The van der Waals surface area contributed by atoms with Crippen LogP contribution in [0.2, 0.25) is 0 Å². The first-order valence-corrected chi connectivity index (χ1v) is 5.67. The lowest BCUT2D eigenvalue weighted by atomic mass is 9.77. The Morgan fingerprint density at radius 3 is 2.29 bits per heavy atom. The van der Waals surface area contributed by atoms with Crippen LogP contribution in [0.1, 0.15) is 45.4 Å². The third kappa shape index (κ3) is 2.02. The lowest BCUT2D eigenvalue weighted by molar-refractivity contribution is 0.284. The van der Waals surface area contributed by atoms with Crippen molar-refractivity contribution < 1.29 is 5.11 Å². The van der Waals surface area contributed by atoms with E-state index in [1.165, 1.54) is 38.5 Å². The van der Waals surface area contributed by atoms with Gasteiger partial charge < -0.3 is 5.11 Å². The van der Waals surface area contributed by atoms with Crippen molar-refractivity contribution in [1.29, 1.82) is 0 Å². The fourth-order valence-corrected chi connectivity index (χ4v) is 2.66. The summed E-state index contributed by atoms with van der Waals surface area (Å²) in [5.74, 6) is 1.02. The second kappa shape index (κ2) is 3.45. The zero-order valence-electron chi connectivity index (χ0n) is 9.05. The maximum absolute atomic E-state index is 9.17. The van der Waals surface area contributed by atoms with Gasteiger partial charge in [0, 0.05) is 0 Å². The number of aliphatic hydroxyl groups excluding tert-OH is 1. The average Bonchev–Trinajstić information content (AvgIpc) is 2.85. The third-order valence-electron chi connectivity index (χ3n) is 3.92. The molecular formula is C13H20O. The first-order valence-electron chi connectivity index (χ1n) is 5.67. The van der Waals surface area contributed by atoms with E-state index in [1.807, 2.05) is 6.08 Å². The largest absolute Gasteiger partial charge is 0.513 e. The van der Waals surface area contributed by atoms with Gasteiger partial charge in [-0.15, -0.1) is 0 Å². The number of hydrogen-bond acceptors (Lipinski definition) is 1. The van der Waals surface area contributed by atoms with Crippen LogP contribution in [-0.4, -0.2) is 5.11 Å². The van der Waals surface area contributed by atoms with Crippen LogP contribution in [0.4, 0.5) is 0 Å². The molecule has 1 nitrogen and oxygen atoms in total. The summed E-state index contributed by atoms with van der Waals surface area (Å²) < 4.78 is 0. The van der Waals surface area contributed by atoms with E-state index in [0.29, 0.717) is 11.7 Å². The molecule has 2 saturated carbocycles. The van der Waals surface area contributed by atoms with E-state index < -0.39 is 0 Å². The number of aliphatic hydroxyl groups is 1. The Hall–Kier alpha value is -0.720. The molecule has 1 N–H and O–H groups in total. The van der Waals surface area contributed by atoms with Gasteiger partial charge in [0.2, 0.25) is 0 Å². The van der Waals surface area contributed by atoms with E-state index in [1.54, 1.807) is 6.92 Å². The molecule has 2 fully saturated rings. The molecule has 0 unspecified atom stereocenters. The average molecular weight is 192 g/mol. The van der Waals surface area contributed by atoms with Crippen LogP contribution in [0.25, 0.3) is 0 Å². The molecule has 0 aliphatic heterocycles. The summed E-state index contributed by atoms with van der Waals surface area (Å²) in [6, 6.07) is 0. The van der Waals surface area contributed by atoms with Crippen LogP contribution in [0, 0.1) is 11.3 Å². The van der Waals surface area contributed by atoms with Gasteiger partial charge in [-0.3, -0.25) is 0 Å². The molecule has 0 aromatic heterocycles.